The fourth-order valence-corrected chi connectivity index (χ4v) is 2.90. The summed E-state index contributed by atoms with van der Waals surface area (Å²) in [5, 5.41) is 19.1. The molecule has 5 N–H and O–H groups in total. The normalized spacial score (nSPS) is 10.7. The Bertz CT molecular complexity index is 1090. The van der Waals surface area contributed by atoms with Gasteiger partial charge in [0.2, 0.25) is 0 Å². The molecular formula is C20H26N4O8. The number of anilines is 2. The van der Waals surface area contributed by atoms with E-state index in [1.165, 1.54) is 13.2 Å². The summed E-state index contributed by atoms with van der Waals surface area (Å²) in [5.41, 5.74) is 3.98. The molecule has 0 fully saturated rings. The summed E-state index contributed by atoms with van der Waals surface area (Å²) < 4.78 is 11.1. The van der Waals surface area contributed by atoms with E-state index in [1.807, 2.05) is 6.92 Å². The Kier molecular flexibility index (Phi) is 8.41. The van der Waals surface area contributed by atoms with Gasteiger partial charge in [-0.05, 0) is 18.6 Å². The van der Waals surface area contributed by atoms with Crippen LogP contribution in [0, 0.1) is 0 Å². The quantitative estimate of drug-likeness (QED) is 0.367. The highest BCUT2D eigenvalue weighted by atomic mass is 16.5. The second-order valence-electron chi connectivity index (χ2n) is 6.81. The summed E-state index contributed by atoms with van der Waals surface area (Å²) >= 11 is 0. The van der Waals surface area contributed by atoms with Crippen molar-refractivity contribution in [2.45, 2.75) is 26.3 Å². The van der Waals surface area contributed by atoms with Crippen molar-refractivity contribution in [1.82, 2.24) is 9.55 Å². The third kappa shape index (κ3) is 5.66. The van der Waals surface area contributed by atoms with Gasteiger partial charge in [-0.2, -0.15) is 0 Å². The number of aromatic amines is 1. The summed E-state index contributed by atoms with van der Waals surface area (Å²) in [6, 6.07) is 3.25. The van der Waals surface area contributed by atoms with E-state index in [4.69, 9.17) is 15.2 Å². The highest BCUT2D eigenvalue weighted by Gasteiger charge is 2.25. The predicted octanol–water partition coefficient (Wildman–Crippen LogP) is 0.167. The Morgan fingerprint density at radius 1 is 1.25 bits per heavy atom. The molecule has 12 nitrogen and oxygen atoms in total. The lowest BCUT2D eigenvalue weighted by Gasteiger charge is -2.24. The van der Waals surface area contributed by atoms with Crippen LogP contribution in [0.5, 0.6) is 11.5 Å². The SMILES string of the molecule is CCCCn1c(N)c(N(CCOC)C(=O)COC(=O)c2ccc(O)cc2O)c(=O)[nH]c1=O. The van der Waals surface area contributed by atoms with Crippen LogP contribution in [0.3, 0.4) is 0 Å². The van der Waals surface area contributed by atoms with Crippen LogP contribution < -0.4 is 21.9 Å². The highest BCUT2D eigenvalue weighted by Crippen LogP contribution is 2.23. The number of nitrogens with zero attached hydrogens (tertiary/aromatic N) is 2. The van der Waals surface area contributed by atoms with Crippen molar-refractivity contribution in [2.24, 2.45) is 0 Å². The number of unbranched alkanes of at least 4 members (excludes halogenated alkanes) is 1. The van der Waals surface area contributed by atoms with Gasteiger partial charge < -0.3 is 25.4 Å². The minimum absolute atomic E-state index is 0.0331. The Morgan fingerprint density at radius 3 is 2.59 bits per heavy atom. The number of phenolic OH excluding ortho intramolecular Hbond substituents is 2. The lowest BCUT2D eigenvalue weighted by molar-refractivity contribution is -0.121. The minimum Gasteiger partial charge on any atom is -0.508 e. The number of nitrogen functional groups attached to an aromatic ring is 1. The van der Waals surface area contributed by atoms with Crippen molar-refractivity contribution in [1.29, 1.82) is 0 Å². The number of aromatic hydroxyl groups is 2. The number of hydrogen-bond donors (Lipinski definition) is 4. The molecule has 0 aliphatic rings. The van der Waals surface area contributed by atoms with Crippen LogP contribution in [0.15, 0.2) is 27.8 Å². The van der Waals surface area contributed by atoms with Crippen LogP contribution >= 0.6 is 0 Å². The average molecular weight is 450 g/mol. The zero-order valence-electron chi connectivity index (χ0n) is 17.8. The standard InChI is InChI=1S/C20H26N4O8/c1-3-4-7-24-17(21)16(18(28)22-20(24)30)23(8-9-31-2)15(27)11-32-19(29)13-6-5-12(25)10-14(13)26/h5-6,10,25-26H,3-4,7-9,11,21H2,1-2H3,(H,22,28,30). The van der Waals surface area contributed by atoms with Gasteiger partial charge in [-0.3, -0.25) is 24.0 Å². The molecule has 0 radical (unpaired) electrons. The first kappa shape index (κ1) is 24.5. The molecule has 0 unspecified atom stereocenters. The number of methoxy groups -OCH3 is 1. The summed E-state index contributed by atoms with van der Waals surface area (Å²) in [6.45, 7) is 1.31. The number of ether oxygens (including phenoxy) is 2. The molecule has 32 heavy (non-hydrogen) atoms. The van der Waals surface area contributed by atoms with Gasteiger partial charge in [0, 0.05) is 26.3 Å². The minimum atomic E-state index is -1.02. The fourth-order valence-electron chi connectivity index (χ4n) is 2.90. The van der Waals surface area contributed by atoms with E-state index in [-0.39, 0.29) is 42.5 Å². The monoisotopic (exact) mass is 450 g/mol. The number of rotatable bonds is 10. The van der Waals surface area contributed by atoms with Crippen molar-refractivity contribution in [3.05, 3.63) is 44.6 Å². The molecule has 1 aromatic carbocycles. The molecule has 0 spiro atoms. The Balaban J connectivity index is 2.31. The first-order chi connectivity index (χ1) is 15.2. The number of carbonyl (C=O) groups excluding carboxylic acids is 2. The predicted molar refractivity (Wildman–Crippen MR) is 115 cm³/mol. The van der Waals surface area contributed by atoms with E-state index in [0.29, 0.717) is 6.42 Å². The first-order valence-corrected chi connectivity index (χ1v) is 9.82. The molecule has 1 amide bonds. The molecule has 0 aliphatic carbocycles. The largest absolute Gasteiger partial charge is 0.508 e. The number of carbonyl (C=O) groups is 2. The van der Waals surface area contributed by atoms with E-state index >= 15 is 0 Å². The van der Waals surface area contributed by atoms with Gasteiger partial charge >= 0.3 is 11.7 Å². The maximum atomic E-state index is 12.8. The molecule has 0 atom stereocenters. The van der Waals surface area contributed by atoms with Gasteiger partial charge in [-0.25, -0.2) is 9.59 Å². The van der Waals surface area contributed by atoms with E-state index in [1.54, 1.807) is 0 Å². The Hall–Kier alpha value is -3.80. The smallest absolute Gasteiger partial charge is 0.342 e. The number of aromatic nitrogens is 2. The van der Waals surface area contributed by atoms with Crippen molar-refractivity contribution < 1.29 is 29.3 Å². The summed E-state index contributed by atoms with van der Waals surface area (Å²) in [5.74, 6) is -2.79. The van der Waals surface area contributed by atoms with Crippen LogP contribution in [-0.2, 0) is 20.8 Å². The van der Waals surface area contributed by atoms with Gasteiger partial charge in [0.15, 0.2) is 12.3 Å². The van der Waals surface area contributed by atoms with E-state index in [9.17, 15) is 29.4 Å². The van der Waals surface area contributed by atoms with Crippen molar-refractivity contribution in [3.63, 3.8) is 0 Å². The van der Waals surface area contributed by atoms with Gasteiger partial charge in [0.1, 0.15) is 22.9 Å². The van der Waals surface area contributed by atoms with Crippen LogP contribution in [0.1, 0.15) is 30.1 Å². The maximum Gasteiger partial charge on any atom is 0.342 e. The third-order valence-electron chi connectivity index (χ3n) is 4.57. The van der Waals surface area contributed by atoms with Gasteiger partial charge in [0.25, 0.3) is 11.5 Å². The summed E-state index contributed by atoms with van der Waals surface area (Å²) in [6.07, 6.45) is 1.39. The number of amides is 1. The molecule has 2 rings (SSSR count). The third-order valence-corrected chi connectivity index (χ3v) is 4.57. The number of nitrogens with two attached hydrogens (primary N) is 1. The lowest BCUT2D eigenvalue weighted by Crippen LogP contribution is -2.44. The molecule has 1 aromatic heterocycles. The number of benzene rings is 1. The van der Waals surface area contributed by atoms with Crippen LogP contribution in [0.2, 0.25) is 0 Å². The summed E-state index contributed by atoms with van der Waals surface area (Å²) in [4.78, 5) is 52.8. The van der Waals surface area contributed by atoms with E-state index in [2.05, 4.69) is 4.98 Å². The Morgan fingerprint density at radius 2 is 1.97 bits per heavy atom. The van der Waals surface area contributed by atoms with Gasteiger partial charge in [0.05, 0.1) is 6.61 Å². The molecule has 0 aliphatic heterocycles. The Labute approximate surface area is 182 Å². The topological polar surface area (TPSA) is 177 Å². The lowest BCUT2D eigenvalue weighted by atomic mass is 10.2. The van der Waals surface area contributed by atoms with E-state index < -0.39 is 35.5 Å². The number of esters is 1. The fraction of sp³-hybridized carbons (Fsp3) is 0.400. The molecule has 1 heterocycles. The summed E-state index contributed by atoms with van der Waals surface area (Å²) in [7, 11) is 1.39. The molecule has 0 saturated carbocycles. The van der Waals surface area contributed by atoms with Crippen LogP contribution in [0.25, 0.3) is 0 Å². The first-order valence-electron chi connectivity index (χ1n) is 9.82. The molecule has 174 valence electrons. The number of H-pyrrole nitrogens is 1. The van der Waals surface area contributed by atoms with E-state index in [0.717, 1.165) is 28.0 Å². The van der Waals surface area contributed by atoms with Crippen molar-refractivity contribution in [2.75, 3.05) is 37.5 Å². The molecule has 2 aromatic rings. The molecule has 0 bridgehead atoms. The van der Waals surface area contributed by atoms with Gasteiger partial charge in [-0.15, -0.1) is 0 Å². The van der Waals surface area contributed by atoms with Crippen molar-refractivity contribution in [3.8, 4) is 11.5 Å². The second-order valence-corrected chi connectivity index (χ2v) is 6.81. The molecule has 0 saturated heterocycles. The van der Waals surface area contributed by atoms with Gasteiger partial charge in [-0.1, -0.05) is 13.3 Å². The zero-order chi connectivity index (χ0) is 23.8. The number of phenols is 2. The zero-order valence-corrected chi connectivity index (χ0v) is 17.8. The number of nitrogens with one attached hydrogen (secondary N) is 1. The number of hydrogen-bond acceptors (Lipinski definition) is 9. The average Bonchev–Trinajstić information content (AvgIpc) is 2.73. The van der Waals surface area contributed by atoms with Crippen LogP contribution in [0.4, 0.5) is 11.5 Å². The highest BCUT2D eigenvalue weighted by molar-refractivity contribution is 5.99. The molecule has 12 heteroatoms. The van der Waals surface area contributed by atoms with Crippen molar-refractivity contribution >= 4 is 23.4 Å². The van der Waals surface area contributed by atoms with Crippen LogP contribution in [-0.4, -0.2) is 58.5 Å². The second kappa shape index (κ2) is 11.0. The maximum absolute atomic E-state index is 12.8. The molecular weight excluding hydrogens is 424 g/mol.